The Bertz CT molecular complexity index is 779. The van der Waals surface area contributed by atoms with Crippen LogP contribution in [0.2, 0.25) is 0 Å². The summed E-state index contributed by atoms with van der Waals surface area (Å²) in [5.41, 5.74) is 2.62. The first kappa shape index (κ1) is 17.2. The smallest absolute Gasteiger partial charge is 0.276 e. The molecule has 26 heavy (non-hydrogen) atoms. The number of carbonyl (C=O) groups excluding carboxylic acids is 1. The molecule has 0 unspecified atom stereocenters. The number of benzene rings is 1. The van der Waals surface area contributed by atoms with Gasteiger partial charge in [0.05, 0.1) is 0 Å². The van der Waals surface area contributed by atoms with Crippen LogP contribution in [0.5, 0.6) is 0 Å². The van der Waals surface area contributed by atoms with Gasteiger partial charge in [0.15, 0.2) is 5.69 Å². The molecular weight excluding hydrogens is 333 g/mol. The molecule has 5 nitrogen and oxygen atoms in total. The molecule has 1 saturated heterocycles. The number of amides is 1. The molecule has 1 amide bonds. The molecular formula is C20H24FN3O2. The topological polar surface area (TPSA) is 49.6 Å². The van der Waals surface area contributed by atoms with Crippen molar-refractivity contribution in [3.05, 3.63) is 52.7 Å². The van der Waals surface area contributed by atoms with E-state index in [1.807, 2.05) is 17.0 Å². The van der Waals surface area contributed by atoms with Crippen molar-refractivity contribution in [1.82, 2.24) is 15.0 Å². The van der Waals surface area contributed by atoms with Crippen LogP contribution >= 0.6 is 0 Å². The predicted molar refractivity (Wildman–Crippen MR) is 95.3 cm³/mol. The molecule has 2 heterocycles. The molecule has 0 spiro atoms. The number of halogens is 1. The number of aryl methyl sites for hydroxylation is 1. The minimum absolute atomic E-state index is 0.00877. The highest BCUT2D eigenvalue weighted by atomic mass is 19.1. The van der Waals surface area contributed by atoms with Gasteiger partial charge < -0.3 is 9.42 Å². The summed E-state index contributed by atoms with van der Waals surface area (Å²) < 4.78 is 18.4. The van der Waals surface area contributed by atoms with Crippen LogP contribution in [0.1, 0.15) is 40.7 Å². The van der Waals surface area contributed by atoms with E-state index in [0.717, 1.165) is 55.8 Å². The Morgan fingerprint density at radius 1 is 1.23 bits per heavy atom. The Hall–Kier alpha value is -2.21. The maximum Gasteiger partial charge on any atom is 0.276 e. The number of rotatable bonds is 3. The van der Waals surface area contributed by atoms with Gasteiger partial charge in [0.25, 0.3) is 5.91 Å². The third kappa shape index (κ3) is 3.51. The zero-order valence-corrected chi connectivity index (χ0v) is 15.1. The molecule has 4 rings (SSSR count). The van der Waals surface area contributed by atoms with E-state index < -0.39 is 0 Å². The van der Waals surface area contributed by atoms with Crippen molar-refractivity contribution in [2.24, 2.45) is 5.92 Å². The van der Waals surface area contributed by atoms with Gasteiger partial charge in [-0.1, -0.05) is 24.2 Å². The van der Waals surface area contributed by atoms with E-state index >= 15 is 0 Å². The lowest BCUT2D eigenvalue weighted by atomic mass is 9.88. The maximum atomic E-state index is 13.0. The van der Waals surface area contributed by atoms with Gasteiger partial charge in [-0.05, 0) is 36.5 Å². The fourth-order valence-corrected chi connectivity index (χ4v) is 3.85. The molecule has 6 heteroatoms. The Balaban J connectivity index is 1.37. The van der Waals surface area contributed by atoms with Crippen LogP contribution in [0.3, 0.4) is 0 Å². The van der Waals surface area contributed by atoms with Crippen LogP contribution in [0, 0.1) is 11.7 Å². The molecule has 138 valence electrons. The number of nitrogens with zero attached hydrogens (tertiary/aromatic N) is 3. The van der Waals surface area contributed by atoms with Crippen LogP contribution in [-0.2, 0) is 19.4 Å². The van der Waals surface area contributed by atoms with Crippen LogP contribution < -0.4 is 0 Å². The Morgan fingerprint density at radius 3 is 2.69 bits per heavy atom. The van der Waals surface area contributed by atoms with E-state index in [1.54, 1.807) is 0 Å². The number of hydrogen-bond donors (Lipinski definition) is 0. The summed E-state index contributed by atoms with van der Waals surface area (Å²) in [7, 11) is 0. The van der Waals surface area contributed by atoms with Crippen LogP contribution in [-0.4, -0.2) is 47.0 Å². The normalized spacial score (nSPS) is 20.8. The minimum atomic E-state index is -0.213. The Labute approximate surface area is 152 Å². The second-order valence-electron chi connectivity index (χ2n) is 7.48. The first-order chi connectivity index (χ1) is 12.6. The molecule has 0 saturated carbocycles. The van der Waals surface area contributed by atoms with Crippen molar-refractivity contribution in [3.8, 4) is 0 Å². The summed E-state index contributed by atoms with van der Waals surface area (Å²) in [4.78, 5) is 17.0. The van der Waals surface area contributed by atoms with Crippen molar-refractivity contribution in [1.29, 1.82) is 0 Å². The van der Waals surface area contributed by atoms with E-state index in [1.165, 1.54) is 12.1 Å². The highest BCUT2D eigenvalue weighted by molar-refractivity contribution is 5.94. The van der Waals surface area contributed by atoms with Gasteiger partial charge in [-0.3, -0.25) is 9.69 Å². The molecule has 1 atom stereocenters. The van der Waals surface area contributed by atoms with Crippen LogP contribution in [0.4, 0.5) is 4.39 Å². The van der Waals surface area contributed by atoms with Crippen LogP contribution in [0.15, 0.2) is 28.8 Å². The number of aromatic nitrogens is 1. The first-order valence-corrected chi connectivity index (χ1v) is 9.33. The largest absolute Gasteiger partial charge is 0.360 e. The molecule has 0 radical (unpaired) electrons. The lowest BCUT2D eigenvalue weighted by Gasteiger charge is -2.34. The molecule has 2 aromatic rings. The van der Waals surface area contributed by atoms with Gasteiger partial charge in [-0.2, -0.15) is 0 Å². The fraction of sp³-hybridized carbons (Fsp3) is 0.500. The molecule has 2 aliphatic rings. The Kier molecular flexibility index (Phi) is 4.76. The molecule has 1 aliphatic carbocycles. The zero-order valence-electron chi connectivity index (χ0n) is 15.1. The average Bonchev–Trinajstić information content (AvgIpc) is 3.06. The monoisotopic (exact) mass is 357 g/mol. The Morgan fingerprint density at radius 2 is 1.96 bits per heavy atom. The standard InChI is InChI=1S/C20H24FN3O2/c1-14-2-7-18-17(12-14)19(22-26-18)20(25)24-10-8-23(9-11-24)13-15-3-5-16(21)6-4-15/h3-6,14H,2,7-13H2,1H3/t14-/m1/s1. The summed E-state index contributed by atoms with van der Waals surface area (Å²) in [6, 6.07) is 6.61. The zero-order chi connectivity index (χ0) is 18.1. The maximum absolute atomic E-state index is 13.0. The fourth-order valence-electron chi connectivity index (χ4n) is 3.85. The highest BCUT2D eigenvalue weighted by Gasteiger charge is 2.30. The second-order valence-corrected chi connectivity index (χ2v) is 7.48. The number of hydrogen-bond acceptors (Lipinski definition) is 4. The van der Waals surface area contributed by atoms with Gasteiger partial charge >= 0.3 is 0 Å². The summed E-state index contributed by atoms with van der Waals surface area (Å²) in [5.74, 6) is 1.24. The van der Waals surface area contributed by atoms with E-state index in [4.69, 9.17) is 4.52 Å². The van der Waals surface area contributed by atoms with Crippen molar-refractivity contribution < 1.29 is 13.7 Å². The lowest BCUT2D eigenvalue weighted by Crippen LogP contribution is -2.48. The van der Waals surface area contributed by atoms with Crippen molar-refractivity contribution in [2.75, 3.05) is 26.2 Å². The van der Waals surface area contributed by atoms with Gasteiger partial charge in [0.1, 0.15) is 11.6 Å². The second kappa shape index (κ2) is 7.19. The summed E-state index contributed by atoms with van der Waals surface area (Å²) in [6.45, 7) is 5.95. The molecule has 1 aromatic carbocycles. The molecule has 1 fully saturated rings. The van der Waals surface area contributed by atoms with Gasteiger partial charge in [-0.25, -0.2) is 4.39 Å². The van der Waals surface area contributed by atoms with Gasteiger partial charge in [0, 0.05) is 44.7 Å². The van der Waals surface area contributed by atoms with Crippen molar-refractivity contribution in [3.63, 3.8) is 0 Å². The molecule has 0 bridgehead atoms. The van der Waals surface area contributed by atoms with E-state index in [2.05, 4.69) is 17.0 Å². The van der Waals surface area contributed by atoms with Gasteiger partial charge in [0.2, 0.25) is 0 Å². The summed E-state index contributed by atoms with van der Waals surface area (Å²) >= 11 is 0. The number of piperazine rings is 1. The third-order valence-electron chi connectivity index (χ3n) is 5.47. The molecule has 0 N–H and O–H groups in total. The van der Waals surface area contributed by atoms with E-state index in [-0.39, 0.29) is 11.7 Å². The average molecular weight is 357 g/mol. The van der Waals surface area contributed by atoms with Crippen LogP contribution in [0.25, 0.3) is 0 Å². The SMILES string of the molecule is C[C@@H]1CCc2onc(C(=O)N3CCN(Cc4ccc(F)cc4)CC3)c2C1. The van der Waals surface area contributed by atoms with E-state index in [9.17, 15) is 9.18 Å². The summed E-state index contributed by atoms with van der Waals surface area (Å²) in [5, 5.41) is 4.09. The molecule has 1 aliphatic heterocycles. The predicted octanol–water partition coefficient (Wildman–Crippen LogP) is 2.90. The number of fused-ring (bicyclic) bond motifs is 1. The lowest BCUT2D eigenvalue weighted by molar-refractivity contribution is 0.0617. The third-order valence-corrected chi connectivity index (χ3v) is 5.47. The minimum Gasteiger partial charge on any atom is -0.360 e. The quantitative estimate of drug-likeness (QED) is 0.848. The first-order valence-electron chi connectivity index (χ1n) is 9.33. The van der Waals surface area contributed by atoms with E-state index in [0.29, 0.717) is 24.7 Å². The van der Waals surface area contributed by atoms with Gasteiger partial charge in [-0.15, -0.1) is 0 Å². The highest BCUT2D eigenvalue weighted by Crippen LogP contribution is 2.28. The van der Waals surface area contributed by atoms with Crippen molar-refractivity contribution in [2.45, 2.75) is 32.7 Å². The number of carbonyl (C=O) groups is 1. The summed E-state index contributed by atoms with van der Waals surface area (Å²) in [6.07, 6.45) is 2.85. The van der Waals surface area contributed by atoms with Crippen molar-refractivity contribution >= 4 is 5.91 Å². The molecule has 1 aromatic heterocycles.